The molecule has 1 aliphatic heterocycles. The molecule has 0 bridgehead atoms. The number of morpholine rings is 1. The quantitative estimate of drug-likeness (QED) is 0.199. The Morgan fingerprint density at radius 2 is 1.62 bits per heavy atom. The van der Waals surface area contributed by atoms with Crippen LogP contribution in [0.4, 0.5) is 0 Å². The van der Waals surface area contributed by atoms with E-state index < -0.39 is 0 Å². The predicted molar refractivity (Wildman–Crippen MR) is 159 cm³/mol. The van der Waals surface area contributed by atoms with Crippen molar-refractivity contribution in [1.29, 1.82) is 5.26 Å². The number of nitriles is 1. The molecule has 5 nitrogen and oxygen atoms in total. The minimum absolute atomic E-state index is 0. The summed E-state index contributed by atoms with van der Waals surface area (Å²) in [6.07, 6.45) is 0. The number of nitrogens with zero attached hydrogens (tertiary/aromatic N) is 2. The Bertz CT molecular complexity index is 1420. The predicted octanol–water partition coefficient (Wildman–Crippen LogP) is 7.40. The van der Waals surface area contributed by atoms with Gasteiger partial charge in [-0.3, -0.25) is 4.90 Å². The van der Waals surface area contributed by atoms with Crippen molar-refractivity contribution < 1.29 is 14.2 Å². The summed E-state index contributed by atoms with van der Waals surface area (Å²) < 4.78 is 19.1. The lowest BCUT2D eigenvalue weighted by molar-refractivity contribution is 0.0337. The molecule has 4 aromatic carbocycles. The summed E-state index contributed by atoms with van der Waals surface area (Å²) in [7, 11) is 0. The first-order chi connectivity index (χ1) is 18.7. The fourth-order valence-electron chi connectivity index (χ4n) is 4.47. The molecule has 0 amide bonds. The molecule has 200 valence electrons. The standard InChI is InChI=1S/C32H29BrN2O3.ClH/c33-32-28(10-5-11-30(32)26-8-2-1-3-9-26)23-37-29-13-12-27(21-35-14-16-36-17-15-35)31(19-29)38-22-25-7-4-6-24(18-25)20-34;/h1-13,18-19H,14-17,21-23H2;1H. The number of rotatable bonds is 9. The fraction of sp³-hybridized carbons (Fsp3) is 0.219. The molecule has 0 radical (unpaired) electrons. The normalized spacial score (nSPS) is 13.2. The van der Waals surface area contributed by atoms with E-state index in [0.29, 0.717) is 18.8 Å². The van der Waals surface area contributed by atoms with Crippen LogP contribution in [0.15, 0.2) is 95.5 Å². The Labute approximate surface area is 244 Å². The number of ether oxygens (including phenoxy) is 3. The second-order valence-electron chi connectivity index (χ2n) is 9.19. The Kier molecular flexibility index (Phi) is 10.4. The second kappa shape index (κ2) is 14.2. The van der Waals surface area contributed by atoms with Crippen LogP contribution in [0, 0.1) is 11.3 Å². The summed E-state index contributed by atoms with van der Waals surface area (Å²) in [6, 6.07) is 32.3. The third-order valence-electron chi connectivity index (χ3n) is 6.54. The highest BCUT2D eigenvalue weighted by Crippen LogP contribution is 2.33. The molecule has 0 spiro atoms. The van der Waals surface area contributed by atoms with Crippen molar-refractivity contribution in [3.8, 4) is 28.7 Å². The van der Waals surface area contributed by atoms with Gasteiger partial charge in [-0.25, -0.2) is 0 Å². The van der Waals surface area contributed by atoms with Crippen LogP contribution in [0.3, 0.4) is 0 Å². The molecule has 39 heavy (non-hydrogen) atoms. The maximum Gasteiger partial charge on any atom is 0.128 e. The van der Waals surface area contributed by atoms with Gasteiger partial charge in [-0.2, -0.15) is 5.26 Å². The molecule has 7 heteroatoms. The van der Waals surface area contributed by atoms with Gasteiger partial charge < -0.3 is 14.2 Å². The summed E-state index contributed by atoms with van der Waals surface area (Å²) in [4.78, 5) is 2.37. The maximum atomic E-state index is 9.24. The van der Waals surface area contributed by atoms with Crippen LogP contribution >= 0.6 is 28.3 Å². The summed E-state index contributed by atoms with van der Waals surface area (Å²) in [5.74, 6) is 1.53. The van der Waals surface area contributed by atoms with Gasteiger partial charge in [0, 0.05) is 41.3 Å². The van der Waals surface area contributed by atoms with Crippen LogP contribution in [-0.2, 0) is 24.5 Å². The lowest BCUT2D eigenvalue weighted by Gasteiger charge is -2.27. The summed E-state index contributed by atoms with van der Waals surface area (Å²) in [5.41, 5.74) is 6.04. The molecule has 4 aromatic rings. The zero-order valence-electron chi connectivity index (χ0n) is 21.5. The SMILES string of the molecule is Cl.N#Cc1cccc(COc2cc(OCc3cccc(-c4ccccc4)c3Br)ccc2CN2CCOCC2)c1. The molecule has 0 aromatic heterocycles. The van der Waals surface area contributed by atoms with Gasteiger partial charge in [0.15, 0.2) is 0 Å². The highest BCUT2D eigenvalue weighted by atomic mass is 79.9. The van der Waals surface area contributed by atoms with Gasteiger partial charge in [-0.15, -0.1) is 12.4 Å². The zero-order chi connectivity index (χ0) is 26.2. The van der Waals surface area contributed by atoms with E-state index in [1.54, 1.807) is 6.07 Å². The van der Waals surface area contributed by atoms with Crippen molar-refractivity contribution in [3.05, 3.63) is 118 Å². The number of hydrogen-bond donors (Lipinski definition) is 0. The Balaban J connectivity index is 0.00000353. The van der Waals surface area contributed by atoms with Crippen molar-refractivity contribution >= 4 is 28.3 Å². The highest BCUT2D eigenvalue weighted by molar-refractivity contribution is 9.10. The molecule has 1 fully saturated rings. The third-order valence-corrected chi connectivity index (χ3v) is 7.48. The van der Waals surface area contributed by atoms with E-state index in [4.69, 9.17) is 14.2 Å². The van der Waals surface area contributed by atoms with E-state index in [0.717, 1.165) is 76.6 Å². The molecule has 1 heterocycles. The molecule has 0 saturated carbocycles. The Morgan fingerprint density at radius 1 is 0.821 bits per heavy atom. The minimum Gasteiger partial charge on any atom is -0.489 e. The largest absolute Gasteiger partial charge is 0.489 e. The molecular formula is C32H30BrClN2O3. The average molecular weight is 606 g/mol. The van der Waals surface area contributed by atoms with E-state index in [-0.39, 0.29) is 12.4 Å². The lowest BCUT2D eigenvalue weighted by Crippen LogP contribution is -2.35. The van der Waals surface area contributed by atoms with Crippen LogP contribution < -0.4 is 9.47 Å². The zero-order valence-corrected chi connectivity index (χ0v) is 23.9. The van der Waals surface area contributed by atoms with Crippen LogP contribution in [0.25, 0.3) is 11.1 Å². The Hall–Kier alpha value is -3.34. The van der Waals surface area contributed by atoms with Crippen LogP contribution in [-0.4, -0.2) is 31.2 Å². The summed E-state index contributed by atoms with van der Waals surface area (Å²) in [5, 5.41) is 9.24. The van der Waals surface area contributed by atoms with Gasteiger partial charge in [0.25, 0.3) is 0 Å². The first-order valence-electron chi connectivity index (χ1n) is 12.7. The Morgan fingerprint density at radius 3 is 2.41 bits per heavy atom. The number of hydrogen-bond acceptors (Lipinski definition) is 5. The maximum absolute atomic E-state index is 9.24. The van der Waals surface area contributed by atoms with Crippen molar-refractivity contribution in [3.63, 3.8) is 0 Å². The first-order valence-corrected chi connectivity index (χ1v) is 13.5. The first kappa shape index (κ1) is 28.7. The lowest BCUT2D eigenvalue weighted by atomic mass is 10.0. The van der Waals surface area contributed by atoms with E-state index in [9.17, 15) is 5.26 Å². The van der Waals surface area contributed by atoms with E-state index >= 15 is 0 Å². The highest BCUT2D eigenvalue weighted by Gasteiger charge is 2.15. The van der Waals surface area contributed by atoms with Crippen molar-refractivity contribution in [1.82, 2.24) is 4.90 Å². The molecule has 5 rings (SSSR count). The van der Waals surface area contributed by atoms with E-state index in [1.165, 1.54) is 0 Å². The molecule has 1 aliphatic rings. The summed E-state index contributed by atoms with van der Waals surface area (Å²) in [6.45, 7) is 4.86. The molecule has 1 saturated heterocycles. The van der Waals surface area contributed by atoms with Crippen LogP contribution in [0.1, 0.15) is 22.3 Å². The van der Waals surface area contributed by atoms with Crippen LogP contribution in [0.5, 0.6) is 11.5 Å². The molecule has 0 unspecified atom stereocenters. The third kappa shape index (κ3) is 7.62. The second-order valence-corrected chi connectivity index (χ2v) is 9.99. The van der Waals surface area contributed by atoms with Gasteiger partial charge in [0.2, 0.25) is 0 Å². The number of benzene rings is 4. The van der Waals surface area contributed by atoms with Gasteiger partial charge in [0.1, 0.15) is 24.7 Å². The summed E-state index contributed by atoms with van der Waals surface area (Å²) >= 11 is 3.79. The minimum atomic E-state index is 0. The van der Waals surface area contributed by atoms with Gasteiger partial charge >= 0.3 is 0 Å². The topological polar surface area (TPSA) is 54.7 Å². The van der Waals surface area contributed by atoms with Gasteiger partial charge in [-0.05, 0) is 50.8 Å². The number of halogens is 2. The molecular weight excluding hydrogens is 576 g/mol. The smallest absolute Gasteiger partial charge is 0.128 e. The van der Waals surface area contributed by atoms with E-state index in [2.05, 4.69) is 63.3 Å². The molecule has 0 aliphatic carbocycles. The fourth-order valence-corrected chi connectivity index (χ4v) is 5.08. The van der Waals surface area contributed by atoms with Crippen molar-refractivity contribution in [2.24, 2.45) is 0 Å². The molecule has 0 atom stereocenters. The van der Waals surface area contributed by atoms with Gasteiger partial charge in [0.05, 0.1) is 24.8 Å². The van der Waals surface area contributed by atoms with Crippen LogP contribution in [0.2, 0.25) is 0 Å². The van der Waals surface area contributed by atoms with Crippen molar-refractivity contribution in [2.45, 2.75) is 19.8 Å². The molecule has 0 N–H and O–H groups in total. The van der Waals surface area contributed by atoms with Gasteiger partial charge in [-0.1, -0.05) is 66.7 Å². The monoisotopic (exact) mass is 604 g/mol. The average Bonchev–Trinajstić information content (AvgIpc) is 2.97. The van der Waals surface area contributed by atoms with Crippen molar-refractivity contribution in [2.75, 3.05) is 26.3 Å². The van der Waals surface area contributed by atoms with E-state index in [1.807, 2.05) is 48.5 Å².